The van der Waals surface area contributed by atoms with Gasteiger partial charge in [0.25, 0.3) is 0 Å². The molecule has 2 aromatic rings. The van der Waals surface area contributed by atoms with E-state index in [0.29, 0.717) is 5.82 Å². The van der Waals surface area contributed by atoms with Crippen LogP contribution in [0.1, 0.15) is 5.56 Å². The van der Waals surface area contributed by atoms with Gasteiger partial charge >= 0.3 is 0 Å². The molecule has 0 spiro atoms. The smallest absolute Gasteiger partial charge is 0.156 e. The molecule has 0 unspecified atom stereocenters. The second kappa shape index (κ2) is 5.93. The van der Waals surface area contributed by atoms with E-state index in [0.717, 1.165) is 10.8 Å². The van der Waals surface area contributed by atoms with Gasteiger partial charge in [-0.05, 0) is 24.0 Å². The molecule has 2 rings (SSSR count). The third-order valence-electron chi connectivity index (χ3n) is 2.23. The van der Waals surface area contributed by atoms with Gasteiger partial charge in [-0.25, -0.2) is 9.97 Å². The van der Waals surface area contributed by atoms with Gasteiger partial charge in [0, 0.05) is 23.0 Å². The Balaban J connectivity index is 2.00. The number of hydrogen-bond acceptors (Lipinski definition) is 5. The van der Waals surface area contributed by atoms with Gasteiger partial charge in [0.05, 0.1) is 0 Å². The Kier molecular flexibility index (Phi) is 4.28. The average Bonchev–Trinajstić information content (AvgIpc) is 2.38. The molecule has 1 heterocycles. The molecule has 88 valence electrons. The molecule has 1 aromatic carbocycles. The van der Waals surface area contributed by atoms with Crippen LogP contribution in [0.5, 0.6) is 0 Å². The minimum absolute atomic E-state index is 0.498. The summed E-state index contributed by atoms with van der Waals surface area (Å²) >= 11 is 3.35. The van der Waals surface area contributed by atoms with E-state index < -0.39 is 0 Å². The normalized spacial score (nSPS) is 10.4. The first-order valence-electron chi connectivity index (χ1n) is 5.12. The molecule has 0 radical (unpaired) electrons. The standard InChI is InChI=1S/C12H13N3S2/c1-16-10-4-2-9(3-5-10)8-17-12-11(13)14-6-7-15-12/h2-7H,8H2,1H3,(H2,13,14). The van der Waals surface area contributed by atoms with Crippen molar-refractivity contribution >= 4 is 29.3 Å². The molecule has 0 amide bonds. The third kappa shape index (κ3) is 3.38. The van der Waals surface area contributed by atoms with Gasteiger partial charge in [-0.2, -0.15) is 0 Å². The number of nitrogens with two attached hydrogens (primary N) is 1. The Bertz CT molecular complexity index is 485. The molecule has 0 bridgehead atoms. The maximum atomic E-state index is 5.73. The summed E-state index contributed by atoms with van der Waals surface area (Å²) in [6.45, 7) is 0. The summed E-state index contributed by atoms with van der Waals surface area (Å²) in [6.07, 6.45) is 5.34. The lowest BCUT2D eigenvalue weighted by Crippen LogP contribution is -1.94. The minimum Gasteiger partial charge on any atom is -0.381 e. The van der Waals surface area contributed by atoms with Crippen molar-refractivity contribution in [3.8, 4) is 0 Å². The first-order valence-corrected chi connectivity index (χ1v) is 7.33. The molecule has 5 heteroatoms. The minimum atomic E-state index is 0.498. The maximum Gasteiger partial charge on any atom is 0.156 e. The maximum absolute atomic E-state index is 5.73. The van der Waals surface area contributed by atoms with E-state index in [1.165, 1.54) is 10.5 Å². The van der Waals surface area contributed by atoms with E-state index >= 15 is 0 Å². The van der Waals surface area contributed by atoms with Crippen LogP contribution in [0.25, 0.3) is 0 Å². The number of nitrogen functional groups attached to an aromatic ring is 1. The van der Waals surface area contributed by atoms with Crippen LogP contribution in [-0.4, -0.2) is 16.2 Å². The van der Waals surface area contributed by atoms with Crippen molar-refractivity contribution in [2.75, 3.05) is 12.0 Å². The van der Waals surface area contributed by atoms with E-state index in [1.807, 2.05) is 0 Å². The molecular formula is C12H13N3S2. The molecule has 3 nitrogen and oxygen atoms in total. The van der Waals surface area contributed by atoms with Crippen LogP contribution >= 0.6 is 23.5 Å². The van der Waals surface area contributed by atoms with Crippen LogP contribution in [0.3, 0.4) is 0 Å². The molecule has 0 aliphatic carbocycles. The summed E-state index contributed by atoms with van der Waals surface area (Å²) in [4.78, 5) is 9.48. The highest BCUT2D eigenvalue weighted by molar-refractivity contribution is 7.98. The fourth-order valence-corrected chi connectivity index (χ4v) is 2.56. The van der Waals surface area contributed by atoms with Crippen molar-refractivity contribution in [1.29, 1.82) is 0 Å². The van der Waals surface area contributed by atoms with Crippen LogP contribution in [-0.2, 0) is 5.75 Å². The second-order valence-electron chi connectivity index (χ2n) is 3.38. The molecular weight excluding hydrogens is 250 g/mol. The predicted molar refractivity (Wildman–Crippen MR) is 74.2 cm³/mol. The Morgan fingerprint density at radius 1 is 1.12 bits per heavy atom. The number of nitrogens with zero attached hydrogens (tertiary/aromatic N) is 2. The van der Waals surface area contributed by atoms with Crippen molar-refractivity contribution in [2.24, 2.45) is 0 Å². The highest BCUT2D eigenvalue weighted by Gasteiger charge is 2.02. The van der Waals surface area contributed by atoms with E-state index in [2.05, 4.69) is 40.5 Å². The lowest BCUT2D eigenvalue weighted by molar-refractivity contribution is 1.07. The molecule has 1 aromatic heterocycles. The SMILES string of the molecule is CSc1ccc(CSc2nccnc2N)cc1. The second-order valence-corrected chi connectivity index (χ2v) is 5.23. The van der Waals surface area contributed by atoms with E-state index in [-0.39, 0.29) is 0 Å². The van der Waals surface area contributed by atoms with Gasteiger partial charge in [-0.3, -0.25) is 0 Å². The number of benzene rings is 1. The first kappa shape index (κ1) is 12.3. The predicted octanol–water partition coefficient (Wildman–Crippen LogP) is 3.07. The molecule has 0 aliphatic heterocycles. The van der Waals surface area contributed by atoms with E-state index in [4.69, 9.17) is 5.73 Å². The average molecular weight is 263 g/mol. The summed E-state index contributed by atoms with van der Waals surface area (Å²) in [5.74, 6) is 1.36. The van der Waals surface area contributed by atoms with Crippen LogP contribution < -0.4 is 5.73 Å². The molecule has 17 heavy (non-hydrogen) atoms. The summed E-state index contributed by atoms with van der Waals surface area (Å²) in [6, 6.07) is 8.51. The van der Waals surface area contributed by atoms with E-state index in [1.54, 1.807) is 35.9 Å². The fourth-order valence-electron chi connectivity index (χ4n) is 1.32. The summed E-state index contributed by atoms with van der Waals surface area (Å²) in [7, 11) is 0. The van der Waals surface area contributed by atoms with Crippen molar-refractivity contribution < 1.29 is 0 Å². The Morgan fingerprint density at radius 2 is 1.82 bits per heavy atom. The zero-order valence-corrected chi connectivity index (χ0v) is 11.1. The van der Waals surface area contributed by atoms with Crippen LogP contribution in [0.15, 0.2) is 46.6 Å². The van der Waals surface area contributed by atoms with E-state index in [9.17, 15) is 0 Å². The zero-order valence-electron chi connectivity index (χ0n) is 9.46. The van der Waals surface area contributed by atoms with Gasteiger partial charge in [-0.1, -0.05) is 23.9 Å². The number of rotatable bonds is 4. The zero-order chi connectivity index (χ0) is 12.1. The summed E-state index contributed by atoms with van der Waals surface area (Å²) in [5, 5.41) is 0.793. The topological polar surface area (TPSA) is 51.8 Å². The number of anilines is 1. The van der Waals surface area contributed by atoms with Gasteiger partial charge in [-0.15, -0.1) is 11.8 Å². The van der Waals surface area contributed by atoms with Gasteiger partial charge in [0.15, 0.2) is 5.82 Å². The molecule has 0 aliphatic rings. The Labute approximate surface area is 109 Å². The lowest BCUT2D eigenvalue weighted by atomic mass is 10.2. The Hall–Kier alpha value is -1.20. The third-order valence-corrected chi connectivity index (χ3v) is 4.04. The highest BCUT2D eigenvalue weighted by atomic mass is 32.2. The number of thioether (sulfide) groups is 2. The molecule has 2 N–H and O–H groups in total. The molecule has 0 saturated heterocycles. The van der Waals surface area contributed by atoms with Gasteiger partial charge < -0.3 is 5.73 Å². The quantitative estimate of drug-likeness (QED) is 0.859. The van der Waals surface area contributed by atoms with Crippen LogP contribution in [0.4, 0.5) is 5.82 Å². The lowest BCUT2D eigenvalue weighted by Gasteiger charge is -2.04. The fraction of sp³-hybridized carbons (Fsp3) is 0.167. The molecule has 0 saturated carbocycles. The van der Waals surface area contributed by atoms with Crippen LogP contribution in [0, 0.1) is 0 Å². The highest BCUT2D eigenvalue weighted by Crippen LogP contribution is 2.25. The van der Waals surface area contributed by atoms with Crippen LogP contribution in [0.2, 0.25) is 0 Å². The van der Waals surface area contributed by atoms with Crippen molar-refractivity contribution in [3.63, 3.8) is 0 Å². The monoisotopic (exact) mass is 263 g/mol. The van der Waals surface area contributed by atoms with Crippen molar-refractivity contribution in [1.82, 2.24) is 9.97 Å². The van der Waals surface area contributed by atoms with Gasteiger partial charge in [0.1, 0.15) is 5.03 Å². The molecule has 0 atom stereocenters. The molecule has 0 fully saturated rings. The van der Waals surface area contributed by atoms with Crippen molar-refractivity contribution in [3.05, 3.63) is 42.2 Å². The number of aromatic nitrogens is 2. The summed E-state index contributed by atoms with van der Waals surface area (Å²) in [5.41, 5.74) is 6.99. The number of hydrogen-bond donors (Lipinski definition) is 1. The Morgan fingerprint density at radius 3 is 2.47 bits per heavy atom. The first-order chi connectivity index (χ1) is 8.29. The van der Waals surface area contributed by atoms with Crippen molar-refractivity contribution in [2.45, 2.75) is 15.7 Å². The largest absolute Gasteiger partial charge is 0.381 e. The summed E-state index contributed by atoms with van der Waals surface area (Å²) < 4.78 is 0. The van der Waals surface area contributed by atoms with Gasteiger partial charge in [0.2, 0.25) is 0 Å².